The summed E-state index contributed by atoms with van der Waals surface area (Å²) in [6.45, 7) is 0.479. The van der Waals surface area contributed by atoms with Crippen LogP contribution in [0.5, 0.6) is 0 Å². The van der Waals surface area contributed by atoms with Crippen LogP contribution in [0.3, 0.4) is 0 Å². The molecule has 0 aliphatic rings. The van der Waals surface area contributed by atoms with Gasteiger partial charge < -0.3 is 25.9 Å². The molecule has 7 heteroatoms. The van der Waals surface area contributed by atoms with E-state index in [1.54, 1.807) is 18.2 Å². The number of hydrogen-bond donors (Lipinski definition) is 4. The molecule has 0 unspecified atom stereocenters. The molecule has 3 aromatic carbocycles. The number of fused-ring (bicyclic) bond motifs is 1. The number of carbonyl (C=O) groups excluding carboxylic acids is 1. The molecular formula is C25H25N4O3+. The van der Waals surface area contributed by atoms with Gasteiger partial charge in [0.1, 0.15) is 11.6 Å². The maximum absolute atomic E-state index is 12.5. The average molecular weight is 430 g/mol. The number of furan rings is 1. The van der Waals surface area contributed by atoms with Crippen LogP contribution < -0.4 is 22.2 Å². The SMILES string of the molecule is Nc1ccc(NC(=O)[C@H](N)COCc2ccccc2)cc1C(=[NH2+])c1cc2ccccc2o1. The zero-order chi connectivity index (χ0) is 22.5. The van der Waals surface area contributed by atoms with Gasteiger partial charge in [-0.3, -0.25) is 10.2 Å². The molecule has 7 nitrogen and oxygen atoms in total. The van der Waals surface area contributed by atoms with Crippen molar-refractivity contribution in [3.8, 4) is 0 Å². The highest BCUT2D eigenvalue weighted by Crippen LogP contribution is 2.24. The van der Waals surface area contributed by atoms with Crippen molar-refractivity contribution in [1.29, 1.82) is 0 Å². The van der Waals surface area contributed by atoms with Crippen LogP contribution >= 0.6 is 0 Å². The number of para-hydroxylation sites is 1. The minimum Gasteiger partial charge on any atom is -0.450 e. The predicted molar refractivity (Wildman–Crippen MR) is 125 cm³/mol. The molecule has 162 valence electrons. The molecule has 0 saturated carbocycles. The van der Waals surface area contributed by atoms with Crippen molar-refractivity contribution < 1.29 is 19.4 Å². The number of nitrogens with two attached hydrogens (primary N) is 3. The third kappa shape index (κ3) is 4.85. The highest BCUT2D eigenvalue weighted by Gasteiger charge is 2.20. The molecule has 4 rings (SSSR count). The fourth-order valence-corrected chi connectivity index (χ4v) is 3.30. The molecule has 0 bridgehead atoms. The molecule has 0 aliphatic carbocycles. The van der Waals surface area contributed by atoms with E-state index in [-0.39, 0.29) is 12.5 Å². The maximum Gasteiger partial charge on any atom is 0.249 e. The molecule has 32 heavy (non-hydrogen) atoms. The third-order valence-electron chi connectivity index (χ3n) is 5.05. The quantitative estimate of drug-likeness (QED) is 0.252. The summed E-state index contributed by atoms with van der Waals surface area (Å²) in [5, 5.41) is 10.1. The molecule has 0 aliphatic heterocycles. The van der Waals surface area contributed by atoms with E-state index in [9.17, 15) is 4.79 Å². The van der Waals surface area contributed by atoms with Gasteiger partial charge in [-0.05, 0) is 35.9 Å². The number of ether oxygens (including phenoxy) is 1. The molecule has 0 spiro atoms. The van der Waals surface area contributed by atoms with Crippen LogP contribution in [0.25, 0.3) is 11.0 Å². The number of carbonyl (C=O) groups is 1. The van der Waals surface area contributed by atoms with Crippen LogP contribution in [-0.4, -0.2) is 24.3 Å². The fraction of sp³-hybridized carbons (Fsp3) is 0.120. The zero-order valence-electron chi connectivity index (χ0n) is 17.5. The van der Waals surface area contributed by atoms with E-state index in [2.05, 4.69) is 5.32 Å². The Bertz CT molecular complexity index is 1220. The van der Waals surface area contributed by atoms with E-state index < -0.39 is 6.04 Å². The molecule has 0 saturated heterocycles. The number of nitrogen functional groups attached to an aromatic ring is 1. The van der Waals surface area contributed by atoms with E-state index in [4.69, 9.17) is 26.0 Å². The largest absolute Gasteiger partial charge is 0.450 e. The molecule has 1 heterocycles. The third-order valence-corrected chi connectivity index (χ3v) is 5.05. The Morgan fingerprint density at radius 3 is 2.56 bits per heavy atom. The van der Waals surface area contributed by atoms with Crippen LogP contribution in [0.2, 0.25) is 0 Å². The second kappa shape index (κ2) is 9.47. The van der Waals surface area contributed by atoms with Gasteiger partial charge in [0.15, 0.2) is 5.76 Å². The average Bonchev–Trinajstić information content (AvgIpc) is 3.25. The van der Waals surface area contributed by atoms with Gasteiger partial charge in [0.05, 0.1) is 18.8 Å². The summed E-state index contributed by atoms with van der Waals surface area (Å²) in [5.41, 5.74) is 15.8. The van der Waals surface area contributed by atoms with Gasteiger partial charge in [0, 0.05) is 16.8 Å². The van der Waals surface area contributed by atoms with Crippen molar-refractivity contribution in [2.75, 3.05) is 17.7 Å². The summed E-state index contributed by atoms with van der Waals surface area (Å²) in [7, 11) is 0. The Hall–Kier alpha value is -3.94. The first-order chi connectivity index (χ1) is 15.5. The molecule has 1 aromatic heterocycles. The van der Waals surface area contributed by atoms with Gasteiger partial charge in [-0.15, -0.1) is 0 Å². The summed E-state index contributed by atoms with van der Waals surface area (Å²) in [5.74, 6) is 0.142. The maximum atomic E-state index is 12.5. The molecule has 7 N–H and O–H groups in total. The number of hydrogen-bond acceptors (Lipinski definition) is 5. The van der Waals surface area contributed by atoms with Crippen LogP contribution in [0.4, 0.5) is 11.4 Å². The summed E-state index contributed by atoms with van der Waals surface area (Å²) in [4.78, 5) is 12.5. The van der Waals surface area contributed by atoms with Gasteiger partial charge in [-0.1, -0.05) is 48.5 Å². The monoisotopic (exact) mass is 429 g/mol. The van der Waals surface area contributed by atoms with Crippen molar-refractivity contribution in [1.82, 2.24) is 0 Å². The molecule has 0 fully saturated rings. The van der Waals surface area contributed by atoms with Crippen molar-refractivity contribution in [3.05, 3.63) is 95.7 Å². The van der Waals surface area contributed by atoms with Gasteiger partial charge in [0.25, 0.3) is 0 Å². The van der Waals surface area contributed by atoms with Crippen molar-refractivity contribution in [2.45, 2.75) is 12.6 Å². The first-order valence-electron chi connectivity index (χ1n) is 10.2. The van der Waals surface area contributed by atoms with Crippen molar-refractivity contribution in [2.24, 2.45) is 5.73 Å². The summed E-state index contributed by atoms with van der Waals surface area (Å²) in [6, 6.07) is 23.4. The number of amides is 1. The van der Waals surface area contributed by atoms with E-state index >= 15 is 0 Å². The summed E-state index contributed by atoms with van der Waals surface area (Å²) < 4.78 is 11.4. The minimum absolute atomic E-state index is 0.0931. The fourth-order valence-electron chi connectivity index (χ4n) is 3.30. The van der Waals surface area contributed by atoms with Crippen molar-refractivity contribution >= 4 is 34.0 Å². The molecular weight excluding hydrogens is 404 g/mol. The first-order valence-corrected chi connectivity index (χ1v) is 10.2. The lowest BCUT2D eigenvalue weighted by Crippen LogP contribution is -2.41. The Morgan fingerprint density at radius 2 is 1.78 bits per heavy atom. The smallest absolute Gasteiger partial charge is 0.249 e. The van der Waals surface area contributed by atoms with Crippen LogP contribution in [0.15, 0.2) is 83.3 Å². The summed E-state index contributed by atoms with van der Waals surface area (Å²) >= 11 is 0. The zero-order valence-corrected chi connectivity index (χ0v) is 17.5. The normalized spacial score (nSPS) is 11.9. The van der Waals surface area contributed by atoms with Gasteiger partial charge in [0.2, 0.25) is 11.6 Å². The highest BCUT2D eigenvalue weighted by molar-refractivity contribution is 6.12. The van der Waals surface area contributed by atoms with Crippen LogP contribution in [-0.2, 0) is 16.1 Å². The molecule has 4 aromatic rings. The lowest BCUT2D eigenvalue weighted by atomic mass is 10.0. The number of nitrogens with one attached hydrogen (secondary N) is 1. The molecule has 1 amide bonds. The lowest BCUT2D eigenvalue weighted by molar-refractivity contribution is -0.118. The second-order valence-corrected chi connectivity index (χ2v) is 7.46. The van der Waals surface area contributed by atoms with E-state index in [0.29, 0.717) is 35.0 Å². The minimum atomic E-state index is -0.823. The topological polar surface area (TPSA) is 129 Å². The predicted octanol–water partition coefficient (Wildman–Crippen LogP) is 2.09. The Kier molecular flexibility index (Phi) is 6.30. The Balaban J connectivity index is 1.41. The van der Waals surface area contributed by atoms with Gasteiger partial charge in [-0.25, -0.2) is 0 Å². The van der Waals surface area contributed by atoms with E-state index in [0.717, 1.165) is 16.5 Å². The highest BCUT2D eigenvalue weighted by atomic mass is 16.5. The standard InChI is InChI=1S/C25H24N4O3/c26-20-11-10-18(29-25(30)21(27)15-31-14-16-6-2-1-3-7-16)13-19(20)24(28)23-12-17-8-4-5-9-22(17)32-23/h1-13,21,28H,14-15,26-27H2,(H,29,30)/p+1/t21-/m1/s1. The van der Waals surface area contributed by atoms with E-state index in [1.165, 1.54) is 0 Å². The molecule has 1 atom stereocenters. The van der Waals surface area contributed by atoms with Crippen molar-refractivity contribution in [3.63, 3.8) is 0 Å². The molecule has 0 radical (unpaired) electrons. The van der Waals surface area contributed by atoms with Gasteiger partial charge in [-0.2, -0.15) is 0 Å². The van der Waals surface area contributed by atoms with Crippen LogP contribution in [0.1, 0.15) is 16.9 Å². The van der Waals surface area contributed by atoms with Crippen LogP contribution in [0, 0.1) is 0 Å². The van der Waals surface area contributed by atoms with E-state index in [1.807, 2.05) is 60.7 Å². The number of rotatable bonds is 8. The lowest BCUT2D eigenvalue weighted by Gasteiger charge is -2.14. The number of anilines is 2. The Labute approximate surface area is 185 Å². The van der Waals surface area contributed by atoms with Gasteiger partial charge >= 0.3 is 0 Å². The first kappa shape index (κ1) is 21.3. The Morgan fingerprint density at radius 1 is 1.03 bits per heavy atom. The second-order valence-electron chi connectivity index (χ2n) is 7.46. The number of benzene rings is 3. The summed E-state index contributed by atoms with van der Waals surface area (Å²) in [6.07, 6.45) is 0.